The monoisotopic (exact) mass is 295 g/mol. The number of carbonyl (C=O) groups excluding carboxylic acids is 1. The van der Waals surface area contributed by atoms with Crippen LogP contribution in [0.25, 0.3) is 0 Å². The van der Waals surface area contributed by atoms with E-state index in [2.05, 4.69) is 34.0 Å². The van der Waals surface area contributed by atoms with E-state index < -0.39 is 5.91 Å². The van der Waals surface area contributed by atoms with Gasteiger partial charge in [0.15, 0.2) is 5.69 Å². The van der Waals surface area contributed by atoms with Crippen molar-refractivity contribution in [3.8, 4) is 0 Å². The molecule has 0 saturated carbocycles. The summed E-state index contributed by atoms with van der Waals surface area (Å²) in [5, 5.41) is 7.73. The van der Waals surface area contributed by atoms with Crippen molar-refractivity contribution < 1.29 is 4.79 Å². The molecule has 0 bridgehead atoms. The zero-order valence-corrected chi connectivity index (χ0v) is 12.8. The first-order chi connectivity index (χ1) is 10.1. The number of carbonyl (C=O) groups is 1. The van der Waals surface area contributed by atoms with E-state index >= 15 is 0 Å². The Kier molecular flexibility index (Phi) is 5.66. The Bertz CT molecular complexity index is 451. The van der Waals surface area contributed by atoms with Crippen molar-refractivity contribution in [2.75, 3.05) is 39.3 Å². The lowest BCUT2D eigenvalue weighted by Gasteiger charge is -2.35. The van der Waals surface area contributed by atoms with Crippen molar-refractivity contribution in [2.45, 2.75) is 20.4 Å². The number of rotatable bonds is 6. The highest BCUT2D eigenvalue weighted by atomic mass is 16.2. The second kappa shape index (κ2) is 7.48. The fourth-order valence-corrected chi connectivity index (χ4v) is 2.54. The summed E-state index contributed by atoms with van der Waals surface area (Å²) in [6.07, 6.45) is 1.62. The summed E-state index contributed by atoms with van der Waals surface area (Å²) in [5.41, 5.74) is 2.30. The minimum atomic E-state index is -0.413. The summed E-state index contributed by atoms with van der Waals surface area (Å²) in [6, 6.07) is 0. The molecule has 8 heteroatoms. The molecule has 1 fully saturated rings. The van der Waals surface area contributed by atoms with Crippen LogP contribution in [0, 0.1) is 5.92 Å². The van der Waals surface area contributed by atoms with E-state index in [1.807, 2.05) is 5.43 Å². The van der Waals surface area contributed by atoms with Crippen molar-refractivity contribution in [3.05, 3.63) is 11.9 Å². The molecule has 0 aromatic carbocycles. The molecular formula is C13H25N7O. The van der Waals surface area contributed by atoms with Gasteiger partial charge >= 0.3 is 0 Å². The van der Waals surface area contributed by atoms with E-state index in [1.54, 1.807) is 10.9 Å². The highest BCUT2D eigenvalue weighted by Gasteiger charge is 2.17. The molecule has 3 N–H and O–H groups in total. The van der Waals surface area contributed by atoms with Crippen LogP contribution in [-0.4, -0.2) is 70.0 Å². The molecule has 21 heavy (non-hydrogen) atoms. The van der Waals surface area contributed by atoms with E-state index in [0.29, 0.717) is 0 Å². The molecular weight excluding hydrogens is 270 g/mol. The number of hydrogen-bond donors (Lipinski definition) is 2. The van der Waals surface area contributed by atoms with E-state index in [-0.39, 0.29) is 5.69 Å². The number of hydrazine groups is 1. The van der Waals surface area contributed by atoms with Gasteiger partial charge in [-0.25, -0.2) is 5.84 Å². The van der Waals surface area contributed by atoms with Crippen molar-refractivity contribution in [1.82, 2.24) is 30.2 Å². The molecule has 0 atom stereocenters. The van der Waals surface area contributed by atoms with E-state index in [4.69, 9.17) is 5.84 Å². The Morgan fingerprint density at radius 1 is 1.29 bits per heavy atom. The predicted octanol–water partition coefficient (Wildman–Crippen LogP) is -0.845. The SMILES string of the molecule is CC(C)CN1CCN(CCn2cc(C(=O)NN)nn2)CC1. The van der Waals surface area contributed by atoms with E-state index in [0.717, 1.165) is 45.2 Å². The topological polar surface area (TPSA) is 92.3 Å². The number of nitrogens with one attached hydrogen (secondary N) is 1. The Labute approximate surface area is 125 Å². The fourth-order valence-electron chi connectivity index (χ4n) is 2.54. The predicted molar refractivity (Wildman–Crippen MR) is 79.4 cm³/mol. The average molecular weight is 295 g/mol. The zero-order valence-electron chi connectivity index (χ0n) is 12.8. The fraction of sp³-hybridized carbons (Fsp3) is 0.769. The lowest BCUT2D eigenvalue weighted by molar-refractivity contribution is 0.0948. The standard InChI is InChI=1S/C13H25N7O/c1-11(2)9-19-5-3-18(4-6-19)7-8-20-10-12(16-17-20)13(21)15-14/h10-11H,3-9,14H2,1-2H3,(H,15,21). The van der Waals surface area contributed by atoms with Crippen molar-refractivity contribution in [1.29, 1.82) is 0 Å². The molecule has 2 rings (SSSR count). The summed E-state index contributed by atoms with van der Waals surface area (Å²) < 4.78 is 1.69. The summed E-state index contributed by atoms with van der Waals surface area (Å²) in [5.74, 6) is 5.37. The quantitative estimate of drug-likeness (QED) is 0.404. The van der Waals surface area contributed by atoms with Gasteiger partial charge in [-0.3, -0.25) is 19.8 Å². The van der Waals surface area contributed by atoms with Crippen LogP contribution in [0.5, 0.6) is 0 Å². The molecule has 1 aliphatic heterocycles. The van der Waals surface area contributed by atoms with Gasteiger partial charge in [-0.1, -0.05) is 19.1 Å². The summed E-state index contributed by atoms with van der Waals surface area (Å²) in [7, 11) is 0. The maximum Gasteiger partial charge on any atom is 0.287 e. The third-order valence-electron chi connectivity index (χ3n) is 3.64. The number of nitrogens with two attached hydrogens (primary N) is 1. The van der Waals surface area contributed by atoms with Gasteiger partial charge in [0.1, 0.15) is 0 Å². The van der Waals surface area contributed by atoms with E-state index in [9.17, 15) is 4.79 Å². The Morgan fingerprint density at radius 2 is 1.95 bits per heavy atom. The van der Waals surface area contributed by atoms with Gasteiger partial charge in [0, 0.05) is 39.3 Å². The normalized spacial score (nSPS) is 17.3. The second-order valence-electron chi connectivity index (χ2n) is 5.88. The maximum absolute atomic E-state index is 11.3. The molecule has 0 radical (unpaired) electrons. The van der Waals surface area contributed by atoms with Gasteiger partial charge in [0.05, 0.1) is 12.7 Å². The number of hydrogen-bond acceptors (Lipinski definition) is 6. The molecule has 0 aliphatic carbocycles. The van der Waals surface area contributed by atoms with Gasteiger partial charge in [0.2, 0.25) is 0 Å². The molecule has 0 unspecified atom stereocenters. The van der Waals surface area contributed by atoms with Crippen molar-refractivity contribution in [3.63, 3.8) is 0 Å². The molecule has 2 heterocycles. The van der Waals surface area contributed by atoms with Crippen LogP contribution in [0.1, 0.15) is 24.3 Å². The third kappa shape index (κ3) is 4.76. The minimum absolute atomic E-state index is 0.249. The highest BCUT2D eigenvalue weighted by Crippen LogP contribution is 2.05. The first-order valence-corrected chi connectivity index (χ1v) is 7.44. The number of nitrogen functional groups attached to an aromatic ring is 1. The lowest BCUT2D eigenvalue weighted by Crippen LogP contribution is -2.48. The molecule has 1 aromatic rings. The molecule has 1 saturated heterocycles. The summed E-state index contributed by atoms with van der Waals surface area (Å²) >= 11 is 0. The van der Waals surface area contributed by atoms with Gasteiger partial charge in [-0.15, -0.1) is 5.10 Å². The van der Waals surface area contributed by atoms with Crippen LogP contribution in [-0.2, 0) is 6.54 Å². The minimum Gasteiger partial charge on any atom is -0.301 e. The number of nitrogens with zero attached hydrogens (tertiary/aromatic N) is 5. The van der Waals surface area contributed by atoms with Crippen LogP contribution < -0.4 is 11.3 Å². The van der Waals surface area contributed by atoms with Gasteiger partial charge < -0.3 is 4.90 Å². The van der Waals surface area contributed by atoms with Crippen LogP contribution in [0.2, 0.25) is 0 Å². The van der Waals surface area contributed by atoms with Gasteiger partial charge in [-0.2, -0.15) is 0 Å². The largest absolute Gasteiger partial charge is 0.301 e. The number of aromatic nitrogens is 3. The molecule has 8 nitrogen and oxygen atoms in total. The van der Waals surface area contributed by atoms with Crippen LogP contribution in [0.3, 0.4) is 0 Å². The van der Waals surface area contributed by atoms with Crippen LogP contribution in [0.15, 0.2) is 6.20 Å². The van der Waals surface area contributed by atoms with Crippen LogP contribution in [0.4, 0.5) is 0 Å². The first-order valence-electron chi connectivity index (χ1n) is 7.44. The molecule has 1 amide bonds. The highest BCUT2D eigenvalue weighted by molar-refractivity contribution is 5.91. The maximum atomic E-state index is 11.3. The second-order valence-corrected chi connectivity index (χ2v) is 5.88. The molecule has 1 aromatic heterocycles. The third-order valence-corrected chi connectivity index (χ3v) is 3.64. The average Bonchev–Trinajstić information content (AvgIpc) is 2.94. The first kappa shape index (κ1) is 15.9. The Hall–Kier alpha value is -1.51. The van der Waals surface area contributed by atoms with Crippen molar-refractivity contribution >= 4 is 5.91 Å². The zero-order chi connectivity index (χ0) is 15.2. The number of piperazine rings is 1. The molecule has 1 aliphatic rings. The van der Waals surface area contributed by atoms with Gasteiger partial charge in [-0.05, 0) is 5.92 Å². The van der Waals surface area contributed by atoms with Gasteiger partial charge in [0.25, 0.3) is 5.91 Å². The summed E-state index contributed by atoms with van der Waals surface area (Å²) in [6.45, 7) is 11.7. The lowest BCUT2D eigenvalue weighted by atomic mass is 10.2. The Morgan fingerprint density at radius 3 is 2.57 bits per heavy atom. The summed E-state index contributed by atoms with van der Waals surface area (Å²) in [4.78, 5) is 16.2. The smallest absolute Gasteiger partial charge is 0.287 e. The van der Waals surface area contributed by atoms with Crippen molar-refractivity contribution in [2.24, 2.45) is 11.8 Å². The molecule has 0 spiro atoms. The number of amides is 1. The van der Waals surface area contributed by atoms with E-state index in [1.165, 1.54) is 6.54 Å². The Balaban J connectivity index is 1.72. The van der Waals surface area contributed by atoms with Crippen LogP contribution >= 0.6 is 0 Å². The molecule has 118 valence electrons.